The minimum Gasteiger partial charge on any atom is -0.367 e. The van der Waals surface area contributed by atoms with E-state index in [1.807, 2.05) is 0 Å². The minimum atomic E-state index is -0.0722. The first-order chi connectivity index (χ1) is 14.2. The van der Waals surface area contributed by atoms with E-state index in [1.165, 1.54) is 51.4 Å². The summed E-state index contributed by atoms with van der Waals surface area (Å²) in [6, 6.07) is 0.396. The second-order valence-electron chi connectivity index (χ2n) is 8.24. The van der Waals surface area contributed by atoms with Gasteiger partial charge in [-0.05, 0) is 25.7 Å². The van der Waals surface area contributed by atoms with Gasteiger partial charge in [0.1, 0.15) is 11.4 Å². The van der Waals surface area contributed by atoms with Gasteiger partial charge >= 0.3 is 0 Å². The van der Waals surface area contributed by atoms with Crippen molar-refractivity contribution in [2.45, 2.75) is 103 Å². The van der Waals surface area contributed by atoms with Gasteiger partial charge in [-0.2, -0.15) is 4.98 Å². The van der Waals surface area contributed by atoms with Crippen LogP contribution in [0.15, 0.2) is 6.20 Å². The summed E-state index contributed by atoms with van der Waals surface area (Å²) in [5, 5.41) is 9.87. The summed E-state index contributed by atoms with van der Waals surface area (Å²) >= 11 is 0. The van der Waals surface area contributed by atoms with Crippen molar-refractivity contribution >= 4 is 17.7 Å². The first-order valence-corrected chi connectivity index (χ1v) is 11.9. The Morgan fingerprint density at radius 1 is 0.966 bits per heavy atom. The topological polar surface area (TPSA) is 78.9 Å². The smallest absolute Gasteiger partial charge is 0.256 e. The second-order valence-corrected chi connectivity index (χ2v) is 8.24. The Morgan fingerprint density at radius 3 is 2.45 bits per heavy atom. The molecule has 1 heterocycles. The summed E-state index contributed by atoms with van der Waals surface area (Å²) < 4.78 is 0. The van der Waals surface area contributed by atoms with E-state index >= 15 is 0 Å². The van der Waals surface area contributed by atoms with E-state index in [4.69, 9.17) is 0 Å². The zero-order valence-electron chi connectivity index (χ0n) is 18.6. The molecular formula is C23H41N5O. The Bertz CT molecular complexity index is 587. The molecule has 0 spiro atoms. The molecule has 1 aliphatic rings. The number of anilines is 2. The van der Waals surface area contributed by atoms with E-state index in [2.05, 4.69) is 39.8 Å². The Kier molecular flexibility index (Phi) is 11.5. The zero-order chi connectivity index (χ0) is 20.7. The predicted molar refractivity (Wildman–Crippen MR) is 122 cm³/mol. The normalized spacial score (nSPS) is 14.6. The number of nitrogens with zero attached hydrogens (tertiary/aromatic N) is 2. The fourth-order valence-electron chi connectivity index (χ4n) is 3.76. The lowest BCUT2D eigenvalue weighted by Crippen LogP contribution is -2.29. The molecule has 6 heteroatoms. The Labute approximate surface area is 177 Å². The third-order valence-electron chi connectivity index (χ3n) is 5.61. The lowest BCUT2D eigenvalue weighted by Gasteiger charge is -2.24. The van der Waals surface area contributed by atoms with Crippen molar-refractivity contribution in [2.24, 2.45) is 0 Å². The van der Waals surface area contributed by atoms with Crippen LogP contribution >= 0.6 is 0 Å². The maximum absolute atomic E-state index is 12.8. The average Bonchev–Trinajstić information content (AvgIpc) is 2.74. The fraction of sp³-hybridized carbons (Fsp3) is 0.783. The standard InChI is InChI=1S/C23H41N5O/c1-3-5-7-8-9-13-17-24-22(29)20-18-26-23(25-16-6-4-2)28-21(20)27-19-14-11-10-12-15-19/h18-19H,3-17H2,1-2H3,(H,24,29)(H2,25,26,27,28). The summed E-state index contributed by atoms with van der Waals surface area (Å²) in [5.41, 5.74) is 0.558. The number of carbonyl (C=O) groups is 1. The molecule has 0 saturated heterocycles. The minimum absolute atomic E-state index is 0.0722. The van der Waals surface area contributed by atoms with Crippen LogP contribution < -0.4 is 16.0 Å². The van der Waals surface area contributed by atoms with Crippen LogP contribution in [0.1, 0.15) is 108 Å². The van der Waals surface area contributed by atoms with Gasteiger partial charge in [-0.15, -0.1) is 0 Å². The largest absolute Gasteiger partial charge is 0.367 e. The number of unbranched alkanes of at least 4 members (excludes halogenated alkanes) is 6. The molecule has 0 atom stereocenters. The monoisotopic (exact) mass is 403 g/mol. The molecule has 3 N–H and O–H groups in total. The van der Waals surface area contributed by atoms with Gasteiger partial charge in [0.15, 0.2) is 0 Å². The van der Waals surface area contributed by atoms with Crippen molar-refractivity contribution in [3.63, 3.8) is 0 Å². The molecule has 1 saturated carbocycles. The number of aromatic nitrogens is 2. The van der Waals surface area contributed by atoms with Crippen molar-refractivity contribution < 1.29 is 4.79 Å². The molecular weight excluding hydrogens is 362 g/mol. The highest BCUT2D eigenvalue weighted by molar-refractivity contribution is 5.98. The van der Waals surface area contributed by atoms with Crippen LogP contribution in [0.4, 0.5) is 11.8 Å². The second kappa shape index (κ2) is 14.2. The quantitative estimate of drug-likeness (QED) is 0.356. The Morgan fingerprint density at radius 2 is 1.69 bits per heavy atom. The number of rotatable bonds is 14. The maximum atomic E-state index is 12.8. The first kappa shape index (κ1) is 23.4. The van der Waals surface area contributed by atoms with E-state index in [-0.39, 0.29) is 5.91 Å². The lowest BCUT2D eigenvalue weighted by atomic mass is 9.95. The van der Waals surface area contributed by atoms with Crippen molar-refractivity contribution in [3.8, 4) is 0 Å². The van der Waals surface area contributed by atoms with Crippen LogP contribution in [0.5, 0.6) is 0 Å². The molecule has 6 nitrogen and oxygen atoms in total. The van der Waals surface area contributed by atoms with E-state index < -0.39 is 0 Å². The van der Waals surface area contributed by atoms with Crippen LogP contribution in [0.25, 0.3) is 0 Å². The molecule has 1 fully saturated rings. The van der Waals surface area contributed by atoms with Gasteiger partial charge in [-0.3, -0.25) is 4.79 Å². The van der Waals surface area contributed by atoms with Crippen molar-refractivity contribution in [1.29, 1.82) is 0 Å². The van der Waals surface area contributed by atoms with Crippen LogP contribution in [-0.4, -0.2) is 35.0 Å². The number of hydrogen-bond donors (Lipinski definition) is 3. The first-order valence-electron chi connectivity index (χ1n) is 11.9. The van der Waals surface area contributed by atoms with Gasteiger partial charge in [0.2, 0.25) is 5.95 Å². The average molecular weight is 404 g/mol. The third kappa shape index (κ3) is 9.01. The molecule has 2 rings (SSSR count). The SMILES string of the molecule is CCCCCCCCNC(=O)c1cnc(NCCCC)nc1NC1CCCCC1. The molecule has 1 aromatic heterocycles. The molecule has 0 aromatic carbocycles. The van der Waals surface area contributed by atoms with Crippen LogP contribution in [0, 0.1) is 0 Å². The molecule has 0 bridgehead atoms. The number of hydrogen-bond acceptors (Lipinski definition) is 5. The Balaban J connectivity index is 1.93. The fourth-order valence-corrected chi connectivity index (χ4v) is 3.76. The zero-order valence-corrected chi connectivity index (χ0v) is 18.6. The number of amides is 1. The molecule has 1 aromatic rings. The molecule has 1 amide bonds. The summed E-state index contributed by atoms with van der Waals surface area (Å²) in [6.07, 6.45) is 17.2. The lowest BCUT2D eigenvalue weighted by molar-refractivity contribution is 0.0953. The van der Waals surface area contributed by atoms with Crippen molar-refractivity contribution in [1.82, 2.24) is 15.3 Å². The molecule has 29 heavy (non-hydrogen) atoms. The van der Waals surface area contributed by atoms with E-state index in [0.29, 0.717) is 29.9 Å². The number of carbonyl (C=O) groups excluding carboxylic acids is 1. The van der Waals surface area contributed by atoms with Crippen LogP contribution in [-0.2, 0) is 0 Å². The predicted octanol–water partition coefficient (Wildman–Crippen LogP) is 5.52. The maximum Gasteiger partial charge on any atom is 0.256 e. The van der Waals surface area contributed by atoms with Gasteiger partial charge in [-0.25, -0.2) is 4.98 Å². The summed E-state index contributed by atoms with van der Waals surface area (Å²) in [7, 11) is 0. The molecule has 0 unspecified atom stereocenters. The highest BCUT2D eigenvalue weighted by Crippen LogP contribution is 2.23. The highest BCUT2D eigenvalue weighted by atomic mass is 16.1. The molecule has 0 aliphatic heterocycles. The molecule has 1 aliphatic carbocycles. The van der Waals surface area contributed by atoms with Crippen LogP contribution in [0.3, 0.4) is 0 Å². The summed E-state index contributed by atoms with van der Waals surface area (Å²) in [5.74, 6) is 1.20. The van der Waals surface area contributed by atoms with Crippen molar-refractivity contribution in [2.75, 3.05) is 23.7 Å². The molecule has 0 radical (unpaired) electrons. The summed E-state index contributed by atoms with van der Waals surface area (Å²) in [6.45, 7) is 5.95. The third-order valence-corrected chi connectivity index (χ3v) is 5.61. The van der Waals surface area contributed by atoms with E-state index in [1.54, 1.807) is 6.20 Å². The van der Waals surface area contributed by atoms with Gasteiger partial charge in [0.25, 0.3) is 5.91 Å². The van der Waals surface area contributed by atoms with Gasteiger partial charge in [-0.1, -0.05) is 71.6 Å². The molecule has 164 valence electrons. The van der Waals surface area contributed by atoms with Gasteiger partial charge in [0.05, 0.1) is 0 Å². The van der Waals surface area contributed by atoms with E-state index in [0.717, 1.165) is 38.6 Å². The van der Waals surface area contributed by atoms with Gasteiger partial charge in [0, 0.05) is 25.3 Å². The highest BCUT2D eigenvalue weighted by Gasteiger charge is 2.19. The van der Waals surface area contributed by atoms with Crippen LogP contribution in [0.2, 0.25) is 0 Å². The Hall–Kier alpha value is -1.85. The van der Waals surface area contributed by atoms with Crippen molar-refractivity contribution in [3.05, 3.63) is 11.8 Å². The van der Waals surface area contributed by atoms with Gasteiger partial charge < -0.3 is 16.0 Å². The summed E-state index contributed by atoms with van der Waals surface area (Å²) in [4.78, 5) is 21.8. The van der Waals surface area contributed by atoms with E-state index in [9.17, 15) is 4.79 Å². The number of nitrogens with one attached hydrogen (secondary N) is 3.